The molecule has 0 amide bonds. The van der Waals surface area contributed by atoms with E-state index in [9.17, 15) is 10.1 Å². The zero-order valence-electron chi connectivity index (χ0n) is 10.8. The number of nitro benzene ring substituents is 1. The number of ether oxygens (including phenoxy) is 1. The van der Waals surface area contributed by atoms with Crippen LogP contribution >= 0.6 is 0 Å². The number of benzene rings is 1. The summed E-state index contributed by atoms with van der Waals surface area (Å²) >= 11 is 0. The maximum atomic E-state index is 10.8. The monoisotopic (exact) mass is 250 g/mol. The van der Waals surface area contributed by atoms with Gasteiger partial charge in [0.1, 0.15) is 0 Å². The molecular weight excluding hydrogens is 232 g/mol. The van der Waals surface area contributed by atoms with Crippen LogP contribution in [0, 0.1) is 17.0 Å². The molecule has 1 aliphatic rings. The van der Waals surface area contributed by atoms with E-state index >= 15 is 0 Å². The van der Waals surface area contributed by atoms with Crippen molar-refractivity contribution in [3.8, 4) is 0 Å². The molecule has 0 saturated carbocycles. The van der Waals surface area contributed by atoms with E-state index in [1.165, 1.54) is 0 Å². The number of hydrogen-bond donors (Lipinski definition) is 0. The second-order valence-electron chi connectivity index (χ2n) is 4.67. The van der Waals surface area contributed by atoms with Crippen LogP contribution in [-0.4, -0.2) is 31.2 Å². The van der Waals surface area contributed by atoms with Gasteiger partial charge in [-0.3, -0.25) is 10.1 Å². The SMILES string of the molecule is COCC1CCCN1c1ccc([N+](=O)[O-])c(C)c1. The van der Waals surface area contributed by atoms with Gasteiger partial charge in [0, 0.05) is 31.0 Å². The van der Waals surface area contributed by atoms with E-state index in [4.69, 9.17) is 4.74 Å². The second-order valence-corrected chi connectivity index (χ2v) is 4.67. The number of aryl methyl sites for hydroxylation is 1. The van der Waals surface area contributed by atoms with Crippen molar-refractivity contribution in [1.29, 1.82) is 0 Å². The molecule has 1 unspecified atom stereocenters. The highest BCUT2D eigenvalue weighted by atomic mass is 16.6. The molecule has 5 nitrogen and oxygen atoms in total. The van der Waals surface area contributed by atoms with Crippen LogP contribution in [0.1, 0.15) is 18.4 Å². The van der Waals surface area contributed by atoms with Crippen molar-refractivity contribution in [2.45, 2.75) is 25.8 Å². The second kappa shape index (κ2) is 5.35. The quantitative estimate of drug-likeness (QED) is 0.608. The molecule has 1 fully saturated rings. The Hall–Kier alpha value is -1.62. The average Bonchev–Trinajstić information content (AvgIpc) is 2.77. The van der Waals surface area contributed by atoms with Crippen molar-refractivity contribution >= 4 is 11.4 Å². The van der Waals surface area contributed by atoms with E-state index in [1.807, 2.05) is 12.1 Å². The lowest BCUT2D eigenvalue weighted by molar-refractivity contribution is -0.385. The van der Waals surface area contributed by atoms with Crippen LogP contribution < -0.4 is 4.90 Å². The molecule has 1 heterocycles. The average molecular weight is 250 g/mol. The van der Waals surface area contributed by atoms with Crippen molar-refractivity contribution < 1.29 is 9.66 Å². The van der Waals surface area contributed by atoms with Crippen LogP contribution in [0.4, 0.5) is 11.4 Å². The number of hydrogen-bond acceptors (Lipinski definition) is 4. The lowest BCUT2D eigenvalue weighted by Gasteiger charge is -2.26. The molecule has 1 atom stereocenters. The zero-order chi connectivity index (χ0) is 13.1. The fraction of sp³-hybridized carbons (Fsp3) is 0.538. The Morgan fingerprint density at radius 1 is 1.56 bits per heavy atom. The smallest absolute Gasteiger partial charge is 0.272 e. The number of nitrogens with zero attached hydrogens (tertiary/aromatic N) is 2. The first-order valence-corrected chi connectivity index (χ1v) is 6.14. The molecule has 0 N–H and O–H groups in total. The van der Waals surface area contributed by atoms with Gasteiger partial charge in [-0.05, 0) is 31.9 Å². The first kappa shape index (κ1) is 12.8. The van der Waals surface area contributed by atoms with Crippen LogP contribution in [0.2, 0.25) is 0 Å². The summed E-state index contributed by atoms with van der Waals surface area (Å²) in [7, 11) is 1.71. The predicted molar refractivity (Wildman–Crippen MR) is 70.1 cm³/mol. The lowest BCUT2D eigenvalue weighted by atomic mass is 10.1. The van der Waals surface area contributed by atoms with E-state index in [1.54, 1.807) is 20.1 Å². The highest BCUT2D eigenvalue weighted by molar-refractivity contribution is 5.56. The Balaban J connectivity index is 2.23. The third-order valence-corrected chi connectivity index (χ3v) is 3.44. The molecule has 1 aromatic carbocycles. The van der Waals surface area contributed by atoms with Gasteiger partial charge < -0.3 is 9.64 Å². The van der Waals surface area contributed by atoms with Crippen molar-refractivity contribution in [2.75, 3.05) is 25.2 Å². The zero-order valence-corrected chi connectivity index (χ0v) is 10.8. The van der Waals surface area contributed by atoms with E-state index < -0.39 is 0 Å². The minimum absolute atomic E-state index is 0.182. The molecule has 0 spiro atoms. The summed E-state index contributed by atoms with van der Waals surface area (Å²) in [5.41, 5.74) is 1.94. The van der Waals surface area contributed by atoms with Crippen molar-refractivity contribution in [3.05, 3.63) is 33.9 Å². The Morgan fingerprint density at radius 2 is 2.33 bits per heavy atom. The normalized spacial score (nSPS) is 19.2. The Labute approximate surface area is 107 Å². The van der Waals surface area contributed by atoms with Gasteiger partial charge >= 0.3 is 0 Å². The van der Waals surface area contributed by atoms with Crippen LogP contribution in [0.25, 0.3) is 0 Å². The van der Waals surface area contributed by atoms with Crippen molar-refractivity contribution in [2.24, 2.45) is 0 Å². The van der Waals surface area contributed by atoms with Gasteiger partial charge in [-0.2, -0.15) is 0 Å². The third kappa shape index (κ3) is 2.46. The molecule has 5 heteroatoms. The number of rotatable bonds is 4. The van der Waals surface area contributed by atoms with Crippen LogP contribution in [0.5, 0.6) is 0 Å². The minimum atomic E-state index is -0.338. The molecule has 0 aromatic heterocycles. The van der Waals surface area contributed by atoms with Gasteiger partial charge in [-0.1, -0.05) is 0 Å². The van der Waals surface area contributed by atoms with Gasteiger partial charge in [0.15, 0.2) is 0 Å². The predicted octanol–water partition coefficient (Wildman–Crippen LogP) is 2.52. The number of methoxy groups -OCH3 is 1. The molecule has 98 valence electrons. The summed E-state index contributed by atoms with van der Waals surface area (Å²) in [4.78, 5) is 12.7. The fourth-order valence-electron chi connectivity index (χ4n) is 2.56. The summed E-state index contributed by atoms with van der Waals surface area (Å²) in [6.07, 6.45) is 2.26. The summed E-state index contributed by atoms with van der Waals surface area (Å²) in [5, 5.41) is 10.8. The van der Waals surface area contributed by atoms with Gasteiger partial charge in [-0.15, -0.1) is 0 Å². The van der Waals surface area contributed by atoms with E-state index in [-0.39, 0.29) is 10.6 Å². The van der Waals surface area contributed by atoms with E-state index in [2.05, 4.69) is 4.90 Å². The third-order valence-electron chi connectivity index (χ3n) is 3.44. The molecule has 1 aromatic rings. The molecule has 18 heavy (non-hydrogen) atoms. The Kier molecular flexibility index (Phi) is 3.81. The lowest BCUT2D eigenvalue weighted by Crippen LogP contribution is -2.32. The summed E-state index contributed by atoms with van der Waals surface area (Å²) in [6.45, 7) is 3.48. The van der Waals surface area contributed by atoms with Crippen molar-refractivity contribution in [1.82, 2.24) is 0 Å². The first-order chi connectivity index (χ1) is 8.63. The molecular formula is C13H18N2O3. The highest BCUT2D eigenvalue weighted by Crippen LogP contribution is 2.29. The molecule has 2 rings (SSSR count). The summed E-state index contributed by atoms with van der Waals surface area (Å²) in [6, 6.07) is 5.70. The van der Waals surface area contributed by atoms with Gasteiger partial charge in [0.25, 0.3) is 5.69 Å². The van der Waals surface area contributed by atoms with Gasteiger partial charge in [0.2, 0.25) is 0 Å². The van der Waals surface area contributed by atoms with Gasteiger partial charge in [0.05, 0.1) is 17.6 Å². The van der Waals surface area contributed by atoms with E-state index in [0.29, 0.717) is 18.2 Å². The number of anilines is 1. The first-order valence-electron chi connectivity index (χ1n) is 6.14. The van der Waals surface area contributed by atoms with Crippen molar-refractivity contribution in [3.63, 3.8) is 0 Å². The van der Waals surface area contributed by atoms with Crippen LogP contribution in [-0.2, 0) is 4.74 Å². The standard InChI is InChI=1S/C13H18N2O3/c1-10-8-11(5-6-13(10)15(16)17)14-7-3-4-12(14)9-18-2/h5-6,8,12H,3-4,7,9H2,1-2H3. The molecule has 0 radical (unpaired) electrons. The number of nitro groups is 1. The molecule has 1 aliphatic heterocycles. The summed E-state index contributed by atoms with van der Waals surface area (Å²) < 4.78 is 5.22. The van der Waals surface area contributed by atoms with Gasteiger partial charge in [-0.25, -0.2) is 0 Å². The highest BCUT2D eigenvalue weighted by Gasteiger charge is 2.25. The fourth-order valence-corrected chi connectivity index (χ4v) is 2.56. The minimum Gasteiger partial charge on any atom is -0.383 e. The summed E-state index contributed by atoms with van der Waals surface area (Å²) in [5.74, 6) is 0. The topological polar surface area (TPSA) is 55.6 Å². The maximum absolute atomic E-state index is 10.8. The molecule has 0 aliphatic carbocycles. The maximum Gasteiger partial charge on any atom is 0.272 e. The van der Waals surface area contributed by atoms with Crippen LogP contribution in [0.15, 0.2) is 18.2 Å². The van der Waals surface area contributed by atoms with E-state index in [0.717, 1.165) is 25.1 Å². The molecule has 0 bridgehead atoms. The van der Waals surface area contributed by atoms with Crippen LogP contribution in [0.3, 0.4) is 0 Å². The molecule has 1 saturated heterocycles. The largest absolute Gasteiger partial charge is 0.383 e. The Morgan fingerprint density at radius 3 is 2.94 bits per heavy atom. The Bertz CT molecular complexity index is 448.